The Morgan fingerprint density at radius 2 is 0.980 bits per heavy atom. The highest BCUT2D eigenvalue weighted by molar-refractivity contribution is 7.85. The van der Waals surface area contributed by atoms with Crippen molar-refractivity contribution in [3.63, 3.8) is 0 Å². The lowest BCUT2D eigenvalue weighted by Gasteiger charge is -2.20. The maximum absolute atomic E-state index is 14.9. The first-order valence-electron chi connectivity index (χ1n) is 16.8. The molecule has 4 nitrogen and oxygen atoms in total. The zero-order valence-electron chi connectivity index (χ0n) is 27.4. The standard InChI is InChI=1S/C45H30N3OPS/c49-50(34-13-3-1-4-14-34,35-15-5-2-6-16-35)36-27-25-32(26-28-36)31-21-23-33(24-22-31)43-42-41(39-19-9-11-29-46-39)45(40-20-10-12-30-47-40)51-44(42)37-17-7-8-18-38(37)48-43/h1-30H. The molecule has 9 rings (SSSR count). The van der Waals surface area contributed by atoms with Gasteiger partial charge in [0.05, 0.1) is 27.5 Å². The highest BCUT2D eigenvalue weighted by Gasteiger charge is 2.29. The maximum Gasteiger partial charge on any atom is 0.171 e. The van der Waals surface area contributed by atoms with Crippen LogP contribution in [0.4, 0.5) is 0 Å². The number of rotatable bonds is 7. The van der Waals surface area contributed by atoms with E-state index in [1.165, 1.54) is 0 Å². The van der Waals surface area contributed by atoms with Crippen LogP contribution < -0.4 is 15.9 Å². The monoisotopic (exact) mass is 691 g/mol. The largest absolute Gasteiger partial charge is 0.309 e. The lowest BCUT2D eigenvalue weighted by molar-refractivity contribution is 0.592. The van der Waals surface area contributed by atoms with E-state index < -0.39 is 7.14 Å². The van der Waals surface area contributed by atoms with Crippen LogP contribution in [0.3, 0.4) is 0 Å². The van der Waals surface area contributed by atoms with Crippen molar-refractivity contribution in [3.05, 3.63) is 182 Å². The van der Waals surface area contributed by atoms with E-state index in [1.807, 2.05) is 116 Å². The first-order valence-corrected chi connectivity index (χ1v) is 19.3. The molecule has 0 aliphatic heterocycles. The molecule has 0 amide bonds. The molecule has 5 aromatic carbocycles. The predicted molar refractivity (Wildman–Crippen MR) is 214 cm³/mol. The van der Waals surface area contributed by atoms with Crippen molar-refractivity contribution in [1.82, 2.24) is 15.0 Å². The topological polar surface area (TPSA) is 55.7 Å². The summed E-state index contributed by atoms with van der Waals surface area (Å²) in [7, 11) is -3.05. The average Bonchev–Trinajstić information content (AvgIpc) is 3.63. The van der Waals surface area contributed by atoms with Crippen LogP contribution in [0, 0.1) is 0 Å². The molecule has 0 atom stereocenters. The van der Waals surface area contributed by atoms with Gasteiger partial charge in [0.1, 0.15) is 0 Å². The Morgan fingerprint density at radius 3 is 1.59 bits per heavy atom. The number of para-hydroxylation sites is 1. The van der Waals surface area contributed by atoms with Crippen molar-refractivity contribution in [2.75, 3.05) is 0 Å². The number of thiophene rings is 1. The molecule has 0 saturated heterocycles. The molecule has 0 bridgehead atoms. The van der Waals surface area contributed by atoms with Crippen LogP contribution in [0.25, 0.3) is 65.2 Å². The van der Waals surface area contributed by atoms with E-state index >= 15 is 0 Å². The summed E-state index contributed by atoms with van der Waals surface area (Å²) in [5.74, 6) is 0. The molecule has 0 saturated carbocycles. The molecule has 4 aromatic heterocycles. The summed E-state index contributed by atoms with van der Waals surface area (Å²) < 4.78 is 16.0. The van der Waals surface area contributed by atoms with Gasteiger partial charge in [0.2, 0.25) is 0 Å². The third kappa shape index (κ3) is 5.48. The quantitative estimate of drug-likeness (QED) is 0.156. The maximum atomic E-state index is 14.9. The Morgan fingerprint density at radius 1 is 0.471 bits per heavy atom. The smallest absolute Gasteiger partial charge is 0.171 e. The second-order valence-electron chi connectivity index (χ2n) is 12.3. The van der Waals surface area contributed by atoms with Gasteiger partial charge in [0, 0.05) is 54.9 Å². The van der Waals surface area contributed by atoms with Crippen LogP contribution in [-0.4, -0.2) is 15.0 Å². The van der Waals surface area contributed by atoms with Gasteiger partial charge in [-0.3, -0.25) is 9.97 Å². The van der Waals surface area contributed by atoms with Gasteiger partial charge in [-0.1, -0.05) is 140 Å². The second kappa shape index (κ2) is 13.0. The van der Waals surface area contributed by atoms with Gasteiger partial charge in [0.15, 0.2) is 7.14 Å². The fourth-order valence-corrected chi connectivity index (χ4v) is 10.8. The van der Waals surface area contributed by atoms with Crippen LogP contribution >= 0.6 is 18.5 Å². The normalized spacial score (nSPS) is 11.6. The first-order chi connectivity index (χ1) is 25.2. The Balaban J connectivity index is 1.16. The minimum Gasteiger partial charge on any atom is -0.309 e. The number of pyridine rings is 3. The van der Waals surface area contributed by atoms with Gasteiger partial charge in [0.25, 0.3) is 0 Å². The molecule has 0 unspecified atom stereocenters. The minimum atomic E-state index is -3.05. The Labute approximate surface area is 300 Å². The second-order valence-corrected chi connectivity index (χ2v) is 16.1. The molecule has 6 heteroatoms. The fourth-order valence-electron chi connectivity index (χ4n) is 6.84. The van der Waals surface area contributed by atoms with Crippen LogP contribution in [0.15, 0.2) is 182 Å². The lowest BCUT2D eigenvalue weighted by Crippen LogP contribution is -2.24. The number of hydrogen-bond donors (Lipinski definition) is 0. The van der Waals surface area contributed by atoms with E-state index in [1.54, 1.807) is 11.3 Å². The summed E-state index contributed by atoms with van der Waals surface area (Å²) in [6.45, 7) is 0. The average molecular weight is 692 g/mol. The van der Waals surface area contributed by atoms with Crippen LogP contribution in [0.1, 0.15) is 0 Å². The van der Waals surface area contributed by atoms with Crippen molar-refractivity contribution in [1.29, 1.82) is 0 Å². The van der Waals surface area contributed by atoms with Gasteiger partial charge in [-0.2, -0.15) is 0 Å². The molecule has 0 radical (unpaired) electrons. The fraction of sp³-hybridized carbons (Fsp3) is 0. The third-order valence-electron chi connectivity index (χ3n) is 9.31. The highest BCUT2D eigenvalue weighted by Crippen LogP contribution is 2.49. The summed E-state index contributed by atoms with van der Waals surface area (Å²) in [6, 6.07) is 56.8. The van der Waals surface area contributed by atoms with E-state index in [0.717, 1.165) is 81.1 Å². The summed E-state index contributed by atoms with van der Waals surface area (Å²) in [5.41, 5.74) is 7.85. The highest BCUT2D eigenvalue weighted by atomic mass is 32.1. The van der Waals surface area contributed by atoms with E-state index in [2.05, 4.69) is 66.7 Å². The number of aromatic nitrogens is 3. The van der Waals surface area contributed by atoms with Crippen LogP contribution in [0.2, 0.25) is 0 Å². The number of benzene rings is 5. The molecule has 0 aliphatic rings. The van der Waals surface area contributed by atoms with Gasteiger partial charge in [-0.05, 0) is 41.5 Å². The van der Waals surface area contributed by atoms with Gasteiger partial charge < -0.3 is 4.57 Å². The predicted octanol–water partition coefficient (Wildman–Crippen LogP) is 10.5. The summed E-state index contributed by atoms with van der Waals surface area (Å²) in [5, 5.41) is 4.65. The molecule has 0 spiro atoms. The minimum absolute atomic E-state index is 0.811. The van der Waals surface area contributed by atoms with Crippen molar-refractivity contribution >= 4 is 55.4 Å². The first kappa shape index (κ1) is 31.0. The van der Waals surface area contributed by atoms with Gasteiger partial charge in [-0.15, -0.1) is 11.3 Å². The van der Waals surface area contributed by atoms with Crippen molar-refractivity contribution in [3.8, 4) is 44.2 Å². The Bertz CT molecular complexity index is 2640. The molecular formula is C45H30N3OPS. The number of hydrogen-bond acceptors (Lipinski definition) is 5. The molecule has 0 fully saturated rings. The van der Waals surface area contributed by atoms with E-state index in [0.29, 0.717) is 0 Å². The van der Waals surface area contributed by atoms with E-state index in [4.69, 9.17) is 15.0 Å². The molecule has 9 aromatic rings. The SMILES string of the molecule is O=P(c1ccccc1)(c1ccccc1)c1ccc(-c2ccc(-c3nc4ccccc4c4sc(-c5ccccn5)c(-c5ccccn5)c34)cc2)cc1. The number of fused-ring (bicyclic) bond motifs is 3. The Kier molecular flexibility index (Phi) is 7.93. The van der Waals surface area contributed by atoms with Gasteiger partial charge in [-0.25, -0.2) is 4.98 Å². The molecule has 4 heterocycles. The molecule has 51 heavy (non-hydrogen) atoms. The van der Waals surface area contributed by atoms with Crippen molar-refractivity contribution in [2.24, 2.45) is 0 Å². The molecule has 242 valence electrons. The van der Waals surface area contributed by atoms with Crippen molar-refractivity contribution in [2.45, 2.75) is 0 Å². The summed E-state index contributed by atoms with van der Waals surface area (Å²) in [6.07, 6.45) is 3.68. The van der Waals surface area contributed by atoms with Crippen LogP contribution in [-0.2, 0) is 4.57 Å². The van der Waals surface area contributed by atoms with Crippen LogP contribution in [0.5, 0.6) is 0 Å². The molecule has 0 N–H and O–H groups in total. The van der Waals surface area contributed by atoms with E-state index in [9.17, 15) is 4.57 Å². The van der Waals surface area contributed by atoms with Gasteiger partial charge >= 0.3 is 0 Å². The lowest BCUT2D eigenvalue weighted by atomic mass is 9.97. The zero-order chi connectivity index (χ0) is 34.2. The number of nitrogens with zero attached hydrogens (tertiary/aromatic N) is 3. The third-order valence-corrected chi connectivity index (χ3v) is 13.6. The molecular weight excluding hydrogens is 662 g/mol. The Hall–Kier alpha value is -6.00. The summed E-state index contributed by atoms with van der Waals surface area (Å²) in [4.78, 5) is 15.9. The summed E-state index contributed by atoms with van der Waals surface area (Å²) >= 11 is 1.74. The van der Waals surface area contributed by atoms with Crippen molar-refractivity contribution < 1.29 is 4.57 Å². The molecule has 0 aliphatic carbocycles. The van der Waals surface area contributed by atoms with E-state index in [-0.39, 0.29) is 0 Å². The zero-order valence-corrected chi connectivity index (χ0v) is 29.1.